The van der Waals surface area contributed by atoms with Crippen molar-refractivity contribution < 1.29 is 5.11 Å². The Labute approximate surface area is 95.4 Å². The molecule has 0 amide bonds. The van der Waals surface area contributed by atoms with Gasteiger partial charge in [0.1, 0.15) is 5.75 Å². The molecular weight excluding hydrogens is 198 g/mol. The van der Waals surface area contributed by atoms with E-state index in [9.17, 15) is 5.11 Å². The Morgan fingerprint density at radius 2 is 1.50 bits per heavy atom. The van der Waals surface area contributed by atoms with Gasteiger partial charge in [0.25, 0.3) is 0 Å². The fourth-order valence-electron chi connectivity index (χ4n) is 1.85. The van der Waals surface area contributed by atoms with Crippen molar-refractivity contribution in [1.29, 1.82) is 0 Å². The molecule has 0 spiro atoms. The van der Waals surface area contributed by atoms with Crippen LogP contribution in [-0.4, -0.2) is 5.11 Å². The first-order valence-corrected chi connectivity index (χ1v) is 5.29. The molecule has 16 heavy (non-hydrogen) atoms. The van der Waals surface area contributed by atoms with Gasteiger partial charge < -0.3 is 10.8 Å². The van der Waals surface area contributed by atoms with Crippen molar-refractivity contribution in [3.63, 3.8) is 0 Å². The Morgan fingerprint density at radius 1 is 0.938 bits per heavy atom. The van der Waals surface area contributed by atoms with Crippen LogP contribution < -0.4 is 5.73 Å². The molecule has 2 aromatic rings. The van der Waals surface area contributed by atoms with Crippen LogP contribution in [0.1, 0.15) is 22.7 Å². The largest absolute Gasteiger partial charge is 0.508 e. The second-order valence-electron chi connectivity index (χ2n) is 3.89. The SMILES string of the molecule is Cc1ccccc1C(N)c1ccccc1O. The lowest BCUT2D eigenvalue weighted by Gasteiger charge is -2.16. The summed E-state index contributed by atoms with van der Waals surface area (Å²) < 4.78 is 0. The van der Waals surface area contributed by atoms with Crippen molar-refractivity contribution >= 4 is 0 Å². The number of nitrogens with two attached hydrogens (primary N) is 1. The summed E-state index contributed by atoms with van der Waals surface area (Å²) in [5, 5.41) is 9.75. The number of rotatable bonds is 2. The molecule has 1 atom stereocenters. The Hall–Kier alpha value is -1.80. The number of benzene rings is 2. The maximum Gasteiger partial charge on any atom is 0.120 e. The first-order chi connectivity index (χ1) is 7.70. The molecule has 1 unspecified atom stereocenters. The highest BCUT2D eigenvalue weighted by Crippen LogP contribution is 2.28. The highest BCUT2D eigenvalue weighted by atomic mass is 16.3. The molecule has 3 N–H and O–H groups in total. The minimum atomic E-state index is -0.276. The molecule has 0 bridgehead atoms. The van der Waals surface area contributed by atoms with E-state index in [-0.39, 0.29) is 11.8 Å². The predicted molar refractivity (Wildman–Crippen MR) is 65.3 cm³/mol. The Balaban J connectivity index is 2.44. The third-order valence-electron chi connectivity index (χ3n) is 2.80. The van der Waals surface area contributed by atoms with Gasteiger partial charge in [0.2, 0.25) is 0 Å². The van der Waals surface area contributed by atoms with Crippen molar-refractivity contribution in [1.82, 2.24) is 0 Å². The molecule has 2 heteroatoms. The maximum atomic E-state index is 9.75. The minimum absolute atomic E-state index is 0.248. The van der Waals surface area contributed by atoms with Gasteiger partial charge in [0.15, 0.2) is 0 Å². The smallest absolute Gasteiger partial charge is 0.120 e. The van der Waals surface area contributed by atoms with E-state index in [0.717, 1.165) is 16.7 Å². The standard InChI is InChI=1S/C14H15NO/c1-10-6-2-3-7-11(10)14(15)12-8-4-5-9-13(12)16/h2-9,14,16H,15H2,1H3. The summed E-state index contributed by atoms with van der Waals surface area (Å²) in [4.78, 5) is 0. The fourth-order valence-corrected chi connectivity index (χ4v) is 1.85. The van der Waals surface area contributed by atoms with Crippen LogP contribution in [0.4, 0.5) is 0 Å². The number of aromatic hydroxyl groups is 1. The fraction of sp³-hybridized carbons (Fsp3) is 0.143. The molecule has 0 aromatic heterocycles. The van der Waals surface area contributed by atoms with Crippen molar-refractivity contribution in [2.45, 2.75) is 13.0 Å². The Bertz CT molecular complexity index is 448. The zero-order valence-corrected chi connectivity index (χ0v) is 9.22. The normalized spacial score (nSPS) is 12.4. The van der Waals surface area contributed by atoms with E-state index in [1.807, 2.05) is 43.3 Å². The summed E-state index contributed by atoms with van der Waals surface area (Å²) in [6.45, 7) is 2.02. The lowest BCUT2D eigenvalue weighted by Crippen LogP contribution is -2.13. The molecule has 0 aliphatic rings. The molecule has 2 rings (SSSR count). The average molecular weight is 213 g/mol. The Kier molecular flexibility index (Phi) is 2.93. The van der Waals surface area contributed by atoms with Crippen LogP contribution in [0.15, 0.2) is 48.5 Å². The number of phenolic OH excluding ortho intramolecular Hbond substituents is 1. The van der Waals surface area contributed by atoms with Crippen LogP contribution in [0.5, 0.6) is 5.75 Å². The van der Waals surface area contributed by atoms with E-state index in [0.29, 0.717) is 0 Å². The molecule has 0 fully saturated rings. The summed E-state index contributed by atoms with van der Waals surface area (Å²) in [6.07, 6.45) is 0. The Morgan fingerprint density at radius 3 is 2.12 bits per heavy atom. The summed E-state index contributed by atoms with van der Waals surface area (Å²) >= 11 is 0. The first-order valence-electron chi connectivity index (χ1n) is 5.29. The average Bonchev–Trinajstić information content (AvgIpc) is 2.29. The van der Waals surface area contributed by atoms with Crippen molar-refractivity contribution in [2.24, 2.45) is 5.73 Å². The summed E-state index contributed by atoms with van der Waals surface area (Å²) in [6, 6.07) is 14.9. The van der Waals surface area contributed by atoms with E-state index < -0.39 is 0 Å². The first kappa shape index (κ1) is 10.7. The lowest BCUT2D eigenvalue weighted by atomic mass is 9.95. The third kappa shape index (κ3) is 1.92. The van der Waals surface area contributed by atoms with E-state index in [4.69, 9.17) is 5.73 Å². The van der Waals surface area contributed by atoms with Gasteiger partial charge in [-0.05, 0) is 24.1 Å². The van der Waals surface area contributed by atoms with Gasteiger partial charge in [0, 0.05) is 5.56 Å². The minimum Gasteiger partial charge on any atom is -0.508 e. The molecule has 0 saturated carbocycles. The summed E-state index contributed by atoms with van der Waals surface area (Å²) in [7, 11) is 0. The summed E-state index contributed by atoms with van der Waals surface area (Å²) in [5.74, 6) is 0.248. The van der Waals surface area contributed by atoms with Gasteiger partial charge in [-0.3, -0.25) is 0 Å². The number of hydrogen-bond acceptors (Lipinski definition) is 2. The molecule has 82 valence electrons. The number of hydrogen-bond donors (Lipinski definition) is 2. The molecule has 0 heterocycles. The third-order valence-corrected chi connectivity index (χ3v) is 2.80. The lowest BCUT2D eigenvalue weighted by molar-refractivity contribution is 0.465. The molecule has 2 nitrogen and oxygen atoms in total. The van der Waals surface area contributed by atoms with Gasteiger partial charge in [-0.2, -0.15) is 0 Å². The van der Waals surface area contributed by atoms with E-state index >= 15 is 0 Å². The molecule has 0 aliphatic heterocycles. The van der Waals surface area contributed by atoms with E-state index in [1.165, 1.54) is 0 Å². The van der Waals surface area contributed by atoms with Crippen LogP contribution >= 0.6 is 0 Å². The molecule has 0 aliphatic carbocycles. The van der Waals surface area contributed by atoms with Gasteiger partial charge in [-0.15, -0.1) is 0 Å². The monoisotopic (exact) mass is 213 g/mol. The van der Waals surface area contributed by atoms with Crippen LogP contribution in [0, 0.1) is 6.92 Å². The molecule has 0 saturated heterocycles. The molecule has 2 aromatic carbocycles. The predicted octanol–water partition coefficient (Wildman–Crippen LogP) is 2.75. The highest BCUT2D eigenvalue weighted by molar-refractivity contribution is 5.42. The van der Waals surface area contributed by atoms with Crippen LogP contribution in [0.3, 0.4) is 0 Å². The zero-order chi connectivity index (χ0) is 11.5. The summed E-state index contributed by atoms with van der Waals surface area (Å²) in [5.41, 5.74) is 9.10. The van der Waals surface area contributed by atoms with Crippen molar-refractivity contribution in [3.05, 3.63) is 65.2 Å². The number of aryl methyl sites for hydroxylation is 1. The topological polar surface area (TPSA) is 46.2 Å². The number of phenols is 1. The number of para-hydroxylation sites is 1. The van der Waals surface area contributed by atoms with Gasteiger partial charge in [-0.25, -0.2) is 0 Å². The van der Waals surface area contributed by atoms with E-state index in [1.54, 1.807) is 12.1 Å². The van der Waals surface area contributed by atoms with Crippen LogP contribution in [-0.2, 0) is 0 Å². The highest BCUT2D eigenvalue weighted by Gasteiger charge is 2.13. The second-order valence-corrected chi connectivity index (χ2v) is 3.89. The quantitative estimate of drug-likeness (QED) is 0.805. The van der Waals surface area contributed by atoms with Crippen molar-refractivity contribution in [2.75, 3.05) is 0 Å². The van der Waals surface area contributed by atoms with Gasteiger partial charge in [-0.1, -0.05) is 42.5 Å². The van der Waals surface area contributed by atoms with Gasteiger partial charge >= 0.3 is 0 Å². The van der Waals surface area contributed by atoms with E-state index in [2.05, 4.69) is 0 Å². The maximum absolute atomic E-state index is 9.75. The molecule has 0 radical (unpaired) electrons. The second kappa shape index (κ2) is 4.37. The molecular formula is C14H15NO. The van der Waals surface area contributed by atoms with Crippen LogP contribution in [0.2, 0.25) is 0 Å². The van der Waals surface area contributed by atoms with Crippen LogP contribution in [0.25, 0.3) is 0 Å². The van der Waals surface area contributed by atoms with Gasteiger partial charge in [0.05, 0.1) is 6.04 Å². The zero-order valence-electron chi connectivity index (χ0n) is 9.22. The van der Waals surface area contributed by atoms with Crippen molar-refractivity contribution in [3.8, 4) is 5.75 Å².